The fourth-order valence-corrected chi connectivity index (χ4v) is 2.83. The summed E-state index contributed by atoms with van der Waals surface area (Å²) in [7, 11) is 0. The zero-order valence-corrected chi connectivity index (χ0v) is 12.8. The summed E-state index contributed by atoms with van der Waals surface area (Å²) in [6, 6.07) is 3.27. The van der Waals surface area contributed by atoms with E-state index in [1.54, 1.807) is 12.1 Å². The van der Waals surface area contributed by atoms with Crippen LogP contribution in [0, 0.1) is 0 Å². The molecular formula is C13H17Cl3N2O. The largest absolute Gasteiger partial charge is 0.390 e. The molecule has 0 saturated carbocycles. The molecule has 1 aliphatic rings. The van der Waals surface area contributed by atoms with E-state index in [1.807, 2.05) is 0 Å². The van der Waals surface area contributed by atoms with Crippen molar-refractivity contribution in [3.05, 3.63) is 27.2 Å². The quantitative estimate of drug-likeness (QED) is 0.814. The van der Waals surface area contributed by atoms with Gasteiger partial charge in [-0.15, -0.1) is 0 Å². The Kier molecular flexibility index (Phi) is 5.60. The van der Waals surface area contributed by atoms with Gasteiger partial charge in [0.05, 0.1) is 26.9 Å². The van der Waals surface area contributed by atoms with Gasteiger partial charge in [-0.05, 0) is 38.1 Å². The predicted octanol–water partition coefficient (Wildman–Crippen LogP) is 3.52. The lowest BCUT2D eigenvalue weighted by molar-refractivity contribution is 0.135. The number of hydrogen-bond acceptors (Lipinski definition) is 3. The molecule has 1 aromatic carbocycles. The first kappa shape index (κ1) is 15.2. The van der Waals surface area contributed by atoms with Gasteiger partial charge in [0.1, 0.15) is 0 Å². The number of nitrogens with zero attached hydrogens (tertiary/aromatic N) is 1. The zero-order chi connectivity index (χ0) is 13.8. The molecule has 0 aromatic heterocycles. The number of hydrogen-bond donors (Lipinski definition) is 2. The summed E-state index contributed by atoms with van der Waals surface area (Å²) < 4.78 is 0. The maximum Gasteiger partial charge on any atom is 0.0839 e. The number of β-amino-alcohol motifs (C(OH)–C–C–N with tert-alkyl or cyclic N) is 1. The Morgan fingerprint density at radius 2 is 1.74 bits per heavy atom. The summed E-state index contributed by atoms with van der Waals surface area (Å²) in [5, 5.41) is 14.5. The van der Waals surface area contributed by atoms with Gasteiger partial charge >= 0.3 is 0 Å². The Hall–Kier alpha value is -0.190. The van der Waals surface area contributed by atoms with Crippen molar-refractivity contribution < 1.29 is 5.11 Å². The molecule has 2 N–H and O–H groups in total. The second kappa shape index (κ2) is 7.00. The highest BCUT2D eigenvalue weighted by Crippen LogP contribution is 2.32. The molecule has 0 spiro atoms. The molecule has 2 rings (SSSR count). The van der Waals surface area contributed by atoms with Crippen LogP contribution in [0.5, 0.6) is 0 Å². The predicted molar refractivity (Wildman–Crippen MR) is 81.6 cm³/mol. The van der Waals surface area contributed by atoms with Gasteiger partial charge in [-0.2, -0.15) is 0 Å². The Balaban J connectivity index is 1.85. The van der Waals surface area contributed by atoms with Gasteiger partial charge in [0.25, 0.3) is 0 Å². The SMILES string of the molecule is OC(CNc1cc(Cl)c(Cl)cc1Cl)CN1CCCC1. The smallest absolute Gasteiger partial charge is 0.0839 e. The van der Waals surface area contributed by atoms with Crippen molar-refractivity contribution in [3.8, 4) is 0 Å². The van der Waals surface area contributed by atoms with E-state index in [2.05, 4.69) is 10.2 Å². The second-order valence-electron chi connectivity index (χ2n) is 4.79. The van der Waals surface area contributed by atoms with Crippen LogP contribution in [0.1, 0.15) is 12.8 Å². The Morgan fingerprint density at radius 1 is 1.11 bits per heavy atom. The molecule has 1 fully saturated rings. The van der Waals surface area contributed by atoms with E-state index in [-0.39, 0.29) is 0 Å². The Bertz CT molecular complexity index is 436. The van der Waals surface area contributed by atoms with Crippen LogP contribution in [0.15, 0.2) is 12.1 Å². The van der Waals surface area contributed by atoms with Crippen molar-refractivity contribution in [1.29, 1.82) is 0 Å². The molecule has 1 unspecified atom stereocenters. The molecular weight excluding hydrogens is 307 g/mol. The van der Waals surface area contributed by atoms with Crippen LogP contribution in [-0.4, -0.2) is 42.3 Å². The van der Waals surface area contributed by atoms with Gasteiger partial charge < -0.3 is 15.3 Å². The average molecular weight is 324 g/mol. The summed E-state index contributed by atoms with van der Waals surface area (Å²) in [4.78, 5) is 2.27. The molecule has 6 heteroatoms. The number of anilines is 1. The molecule has 0 amide bonds. The van der Waals surface area contributed by atoms with Gasteiger partial charge in [0.2, 0.25) is 0 Å². The Morgan fingerprint density at radius 3 is 2.42 bits per heavy atom. The lowest BCUT2D eigenvalue weighted by Crippen LogP contribution is -2.34. The number of likely N-dealkylation sites (tertiary alicyclic amines) is 1. The number of rotatable bonds is 5. The highest BCUT2D eigenvalue weighted by Gasteiger charge is 2.16. The van der Waals surface area contributed by atoms with Crippen LogP contribution in [-0.2, 0) is 0 Å². The van der Waals surface area contributed by atoms with E-state index in [4.69, 9.17) is 34.8 Å². The van der Waals surface area contributed by atoms with Crippen LogP contribution in [0.2, 0.25) is 15.1 Å². The zero-order valence-electron chi connectivity index (χ0n) is 10.5. The van der Waals surface area contributed by atoms with Crippen LogP contribution >= 0.6 is 34.8 Å². The molecule has 1 atom stereocenters. The van der Waals surface area contributed by atoms with Crippen molar-refractivity contribution in [2.75, 3.05) is 31.5 Å². The third kappa shape index (κ3) is 4.40. The molecule has 0 aliphatic carbocycles. The van der Waals surface area contributed by atoms with Crippen LogP contribution in [0.4, 0.5) is 5.69 Å². The van der Waals surface area contributed by atoms with E-state index >= 15 is 0 Å². The minimum Gasteiger partial charge on any atom is -0.390 e. The second-order valence-corrected chi connectivity index (χ2v) is 6.01. The molecule has 1 aliphatic heterocycles. The number of halogens is 3. The molecule has 0 radical (unpaired) electrons. The number of aliphatic hydroxyl groups is 1. The van der Waals surface area contributed by atoms with Gasteiger partial charge in [-0.3, -0.25) is 0 Å². The van der Waals surface area contributed by atoms with Crippen LogP contribution in [0.25, 0.3) is 0 Å². The monoisotopic (exact) mass is 322 g/mol. The summed E-state index contributed by atoms with van der Waals surface area (Å²) in [6.45, 7) is 3.27. The normalized spacial score (nSPS) is 17.7. The fraction of sp³-hybridized carbons (Fsp3) is 0.538. The molecule has 0 bridgehead atoms. The summed E-state index contributed by atoms with van der Waals surface area (Å²) in [5.41, 5.74) is 0.691. The van der Waals surface area contributed by atoms with Crippen molar-refractivity contribution in [2.24, 2.45) is 0 Å². The number of benzene rings is 1. The standard InChI is InChI=1S/C13H17Cl3N2O/c14-10-5-12(16)13(6-11(10)15)17-7-9(19)8-18-3-1-2-4-18/h5-6,9,17,19H,1-4,7-8H2. The first-order valence-electron chi connectivity index (χ1n) is 6.35. The topological polar surface area (TPSA) is 35.5 Å². The molecule has 1 heterocycles. The molecule has 1 saturated heterocycles. The first-order valence-corrected chi connectivity index (χ1v) is 7.48. The van der Waals surface area contributed by atoms with E-state index in [9.17, 15) is 5.11 Å². The first-order chi connectivity index (χ1) is 9.06. The highest BCUT2D eigenvalue weighted by molar-refractivity contribution is 6.44. The molecule has 106 valence electrons. The summed E-state index contributed by atoms with van der Waals surface area (Å²) in [6.07, 6.45) is 2.01. The van der Waals surface area contributed by atoms with Crippen molar-refractivity contribution in [3.63, 3.8) is 0 Å². The van der Waals surface area contributed by atoms with Crippen LogP contribution < -0.4 is 5.32 Å². The summed E-state index contributed by atoms with van der Waals surface area (Å²) in [5.74, 6) is 0. The van der Waals surface area contributed by atoms with Gasteiger partial charge in [-0.25, -0.2) is 0 Å². The third-order valence-electron chi connectivity index (χ3n) is 3.21. The lowest BCUT2D eigenvalue weighted by atomic mass is 10.2. The maximum absolute atomic E-state index is 9.98. The molecule has 1 aromatic rings. The molecule has 3 nitrogen and oxygen atoms in total. The van der Waals surface area contributed by atoms with Crippen molar-refractivity contribution >= 4 is 40.5 Å². The van der Waals surface area contributed by atoms with E-state index in [1.165, 1.54) is 12.8 Å². The fourth-order valence-electron chi connectivity index (χ4n) is 2.21. The maximum atomic E-state index is 9.98. The highest BCUT2D eigenvalue weighted by atomic mass is 35.5. The third-order valence-corrected chi connectivity index (χ3v) is 4.24. The van der Waals surface area contributed by atoms with Gasteiger partial charge in [0.15, 0.2) is 0 Å². The average Bonchev–Trinajstić information content (AvgIpc) is 2.85. The van der Waals surface area contributed by atoms with E-state index in [0.717, 1.165) is 13.1 Å². The lowest BCUT2D eigenvalue weighted by Gasteiger charge is -2.20. The van der Waals surface area contributed by atoms with E-state index in [0.29, 0.717) is 33.8 Å². The van der Waals surface area contributed by atoms with Crippen molar-refractivity contribution in [1.82, 2.24) is 4.90 Å². The minimum absolute atomic E-state index is 0.426. The van der Waals surface area contributed by atoms with Crippen LogP contribution in [0.3, 0.4) is 0 Å². The number of nitrogens with one attached hydrogen (secondary N) is 1. The van der Waals surface area contributed by atoms with Gasteiger partial charge in [-0.1, -0.05) is 34.8 Å². The Labute approximate surface area is 128 Å². The summed E-state index contributed by atoms with van der Waals surface area (Å²) >= 11 is 17.9. The number of aliphatic hydroxyl groups excluding tert-OH is 1. The van der Waals surface area contributed by atoms with Gasteiger partial charge in [0, 0.05) is 13.1 Å². The molecule has 19 heavy (non-hydrogen) atoms. The minimum atomic E-state index is -0.427. The van der Waals surface area contributed by atoms with Crippen molar-refractivity contribution in [2.45, 2.75) is 18.9 Å². The van der Waals surface area contributed by atoms with E-state index < -0.39 is 6.10 Å².